The van der Waals surface area contributed by atoms with Gasteiger partial charge >= 0.3 is 5.97 Å². The normalized spacial score (nSPS) is 9.94. The summed E-state index contributed by atoms with van der Waals surface area (Å²) >= 11 is 0. The van der Waals surface area contributed by atoms with Gasteiger partial charge in [-0.1, -0.05) is 18.2 Å². The number of carbonyl (C=O) groups is 2. The van der Waals surface area contributed by atoms with Gasteiger partial charge in [-0.25, -0.2) is 4.79 Å². The molecule has 0 bridgehead atoms. The van der Waals surface area contributed by atoms with Crippen molar-refractivity contribution in [1.29, 1.82) is 0 Å². The molecule has 1 N–H and O–H groups in total. The Morgan fingerprint density at radius 3 is 2.41 bits per heavy atom. The van der Waals surface area contributed by atoms with Gasteiger partial charge in [0.25, 0.3) is 5.91 Å². The van der Waals surface area contributed by atoms with Crippen LogP contribution in [0.2, 0.25) is 0 Å². The van der Waals surface area contributed by atoms with Crippen LogP contribution in [0.1, 0.15) is 6.92 Å². The number of carbonyl (C=O) groups excluding carboxylic acids is 1. The Hall–Kier alpha value is -1.88. The average molecular weight is 237 g/mol. The smallest absolute Gasteiger partial charge is 0.329 e. The summed E-state index contributed by atoms with van der Waals surface area (Å²) in [4.78, 5) is 23.5. The molecule has 5 heteroatoms. The van der Waals surface area contributed by atoms with Crippen LogP contribution in [-0.4, -0.2) is 36.7 Å². The van der Waals surface area contributed by atoms with Gasteiger partial charge in [0, 0.05) is 12.2 Å². The Morgan fingerprint density at radius 2 is 1.88 bits per heavy atom. The van der Waals surface area contributed by atoms with Crippen LogP contribution in [-0.2, 0) is 14.3 Å². The maximum Gasteiger partial charge on any atom is 0.329 e. The molecule has 1 aromatic rings. The summed E-state index contributed by atoms with van der Waals surface area (Å²) in [7, 11) is 0. The number of nitrogens with zero attached hydrogens (tertiary/aromatic N) is 1. The van der Waals surface area contributed by atoms with E-state index < -0.39 is 12.6 Å². The van der Waals surface area contributed by atoms with E-state index in [1.54, 1.807) is 4.90 Å². The highest BCUT2D eigenvalue weighted by Crippen LogP contribution is 2.12. The van der Waals surface area contributed by atoms with Crippen molar-refractivity contribution in [2.24, 2.45) is 0 Å². The summed E-state index contributed by atoms with van der Waals surface area (Å²) in [5, 5.41) is 8.39. The molecule has 5 nitrogen and oxygen atoms in total. The standard InChI is InChI=1S/C12H15NO4/c1-2-13(10-6-4-3-5-7-10)11(14)8-17-9-12(15)16/h3-7H,2,8-9H2,1H3,(H,15,16). The van der Waals surface area contributed by atoms with Crippen molar-refractivity contribution < 1.29 is 19.4 Å². The molecular weight excluding hydrogens is 222 g/mol. The second-order valence-electron chi connectivity index (χ2n) is 3.36. The summed E-state index contributed by atoms with van der Waals surface area (Å²) in [6.07, 6.45) is 0. The molecule has 1 rings (SSSR count). The number of amides is 1. The average Bonchev–Trinajstić information content (AvgIpc) is 2.31. The Kier molecular flexibility index (Phi) is 5.16. The lowest BCUT2D eigenvalue weighted by atomic mass is 10.3. The number of hydrogen-bond donors (Lipinski definition) is 1. The van der Waals surface area contributed by atoms with Crippen LogP contribution in [0.4, 0.5) is 5.69 Å². The first kappa shape index (κ1) is 13.2. The predicted octanol–water partition coefficient (Wildman–Crippen LogP) is 1.14. The molecule has 0 saturated carbocycles. The summed E-state index contributed by atoms with van der Waals surface area (Å²) < 4.78 is 4.77. The third kappa shape index (κ3) is 4.24. The molecule has 0 saturated heterocycles. The van der Waals surface area contributed by atoms with Crippen molar-refractivity contribution in [3.05, 3.63) is 30.3 Å². The second-order valence-corrected chi connectivity index (χ2v) is 3.36. The molecule has 17 heavy (non-hydrogen) atoms. The van der Waals surface area contributed by atoms with Gasteiger partial charge in [-0.15, -0.1) is 0 Å². The van der Waals surface area contributed by atoms with Gasteiger partial charge in [-0.05, 0) is 19.1 Å². The van der Waals surface area contributed by atoms with E-state index in [1.807, 2.05) is 37.3 Å². The monoisotopic (exact) mass is 237 g/mol. The van der Waals surface area contributed by atoms with E-state index >= 15 is 0 Å². The maximum absolute atomic E-state index is 11.8. The van der Waals surface area contributed by atoms with Crippen molar-refractivity contribution in [1.82, 2.24) is 0 Å². The Balaban J connectivity index is 2.56. The molecule has 0 aromatic heterocycles. The quantitative estimate of drug-likeness (QED) is 0.805. The van der Waals surface area contributed by atoms with Gasteiger partial charge in [-0.2, -0.15) is 0 Å². The molecule has 0 spiro atoms. The van der Waals surface area contributed by atoms with Gasteiger partial charge < -0.3 is 14.7 Å². The van der Waals surface area contributed by atoms with E-state index in [4.69, 9.17) is 9.84 Å². The number of likely N-dealkylation sites (N-methyl/N-ethyl adjacent to an activating group) is 1. The number of aliphatic carboxylic acids is 1. The Morgan fingerprint density at radius 1 is 1.24 bits per heavy atom. The lowest BCUT2D eigenvalue weighted by Gasteiger charge is -2.20. The number of hydrogen-bond acceptors (Lipinski definition) is 3. The van der Waals surface area contributed by atoms with Crippen LogP contribution in [0.15, 0.2) is 30.3 Å². The van der Waals surface area contributed by atoms with Gasteiger partial charge in [-0.3, -0.25) is 4.79 Å². The minimum absolute atomic E-state index is 0.227. The zero-order valence-electron chi connectivity index (χ0n) is 9.63. The molecule has 1 aromatic carbocycles. The van der Waals surface area contributed by atoms with Crippen molar-refractivity contribution in [2.45, 2.75) is 6.92 Å². The molecule has 0 heterocycles. The highest BCUT2D eigenvalue weighted by atomic mass is 16.5. The van der Waals surface area contributed by atoms with E-state index in [0.29, 0.717) is 6.54 Å². The molecule has 0 atom stereocenters. The van der Waals surface area contributed by atoms with E-state index in [0.717, 1.165) is 5.69 Å². The number of anilines is 1. The lowest BCUT2D eigenvalue weighted by Crippen LogP contribution is -2.34. The molecule has 0 aliphatic carbocycles. The third-order valence-electron chi connectivity index (χ3n) is 2.14. The number of benzene rings is 1. The SMILES string of the molecule is CCN(C(=O)COCC(=O)O)c1ccccc1. The zero-order valence-corrected chi connectivity index (χ0v) is 9.63. The largest absolute Gasteiger partial charge is 0.480 e. The minimum atomic E-state index is -1.08. The molecule has 0 aliphatic heterocycles. The first-order chi connectivity index (χ1) is 8.15. The highest BCUT2D eigenvalue weighted by molar-refractivity contribution is 5.94. The first-order valence-corrected chi connectivity index (χ1v) is 5.30. The fraction of sp³-hybridized carbons (Fsp3) is 0.333. The Bertz CT molecular complexity index is 377. The minimum Gasteiger partial charge on any atom is -0.480 e. The Labute approximate surface area is 99.6 Å². The topological polar surface area (TPSA) is 66.8 Å². The van der Waals surface area contributed by atoms with Crippen LogP contribution in [0, 0.1) is 0 Å². The van der Waals surface area contributed by atoms with Gasteiger partial charge in [0.05, 0.1) is 0 Å². The third-order valence-corrected chi connectivity index (χ3v) is 2.14. The van der Waals surface area contributed by atoms with Crippen LogP contribution in [0.3, 0.4) is 0 Å². The summed E-state index contributed by atoms with van der Waals surface area (Å²) in [6.45, 7) is 1.68. The fourth-order valence-electron chi connectivity index (χ4n) is 1.41. The van der Waals surface area contributed by atoms with Crippen molar-refractivity contribution in [3.8, 4) is 0 Å². The summed E-state index contributed by atoms with van der Waals surface area (Å²) in [5.41, 5.74) is 0.777. The molecule has 0 unspecified atom stereocenters. The van der Waals surface area contributed by atoms with Gasteiger partial charge in [0.1, 0.15) is 13.2 Å². The number of rotatable bonds is 6. The van der Waals surface area contributed by atoms with Gasteiger partial charge in [0.15, 0.2) is 0 Å². The van der Waals surface area contributed by atoms with E-state index in [1.165, 1.54) is 0 Å². The molecule has 0 radical (unpaired) electrons. The lowest BCUT2D eigenvalue weighted by molar-refractivity contribution is -0.143. The number of carboxylic acid groups (broad SMARTS) is 1. The van der Waals surface area contributed by atoms with E-state index in [-0.39, 0.29) is 12.5 Å². The fourth-order valence-corrected chi connectivity index (χ4v) is 1.41. The summed E-state index contributed by atoms with van der Waals surface area (Å²) in [6, 6.07) is 9.17. The molecule has 1 amide bonds. The van der Waals surface area contributed by atoms with Crippen LogP contribution < -0.4 is 4.90 Å². The van der Waals surface area contributed by atoms with Crippen LogP contribution >= 0.6 is 0 Å². The zero-order chi connectivity index (χ0) is 12.7. The highest BCUT2D eigenvalue weighted by Gasteiger charge is 2.13. The number of ether oxygens (including phenoxy) is 1. The maximum atomic E-state index is 11.8. The molecule has 0 aliphatic rings. The van der Waals surface area contributed by atoms with Crippen molar-refractivity contribution in [2.75, 3.05) is 24.7 Å². The van der Waals surface area contributed by atoms with E-state index in [9.17, 15) is 9.59 Å². The summed E-state index contributed by atoms with van der Waals surface area (Å²) in [5.74, 6) is -1.33. The predicted molar refractivity (Wildman–Crippen MR) is 62.9 cm³/mol. The second kappa shape index (κ2) is 6.65. The van der Waals surface area contributed by atoms with Crippen LogP contribution in [0.5, 0.6) is 0 Å². The number of carboxylic acids is 1. The molecular formula is C12H15NO4. The molecule has 92 valence electrons. The first-order valence-electron chi connectivity index (χ1n) is 5.30. The van der Waals surface area contributed by atoms with E-state index in [2.05, 4.69) is 0 Å². The van der Waals surface area contributed by atoms with Crippen LogP contribution in [0.25, 0.3) is 0 Å². The molecule has 0 fully saturated rings. The van der Waals surface area contributed by atoms with Gasteiger partial charge in [0.2, 0.25) is 0 Å². The van der Waals surface area contributed by atoms with Crippen molar-refractivity contribution >= 4 is 17.6 Å². The number of para-hydroxylation sites is 1. The van der Waals surface area contributed by atoms with Crippen molar-refractivity contribution in [3.63, 3.8) is 0 Å².